The lowest BCUT2D eigenvalue weighted by atomic mass is 10.1. The highest BCUT2D eigenvalue weighted by atomic mass is 32.2. The van der Waals surface area contributed by atoms with E-state index in [1.165, 1.54) is 26.4 Å². The second-order valence-corrected chi connectivity index (χ2v) is 7.92. The minimum Gasteiger partial charge on any atom is -0.468 e. The molecule has 0 amide bonds. The quantitative estimate of drug-likeness (QED) is 0.537. The van der Waals surface area contributed by atoms with Gasteiger partial charge in [-0.25, -0.2) is 13.2 Å². The monoisotopic (exact) mass is 386 g/mol. The molecule has 0 radical (unpaired) electrons. The van der Waals surface area contributed by atoms with Crippen molar-refractivity contribution in [2.45, 2.75) is 17.1 Å². The number of carbonyl (C=O) groups is 2. The zero-order chi connectivity index (χ0) is 18.6. The van der Waals surface area contributed by atoms with E-state index in [0.717, 1.165) is 17.3 Å². The number of aryl methyl sites for hydroxylation is 1. The molecule has 0 spiro atoms. The molecular weight excluding hydrogens is 368 g/mol. The number of nitrogens with one attached hydrogen (secondary N) is 2. The van der Waals surface area contributed by atoms with Gasteiger partial charge in [-0.3, -0.25) is 4.79 Å². The molecule has 0 bridgehead atoms. The molecule has 0 saturated carbocycles. The number of thioether (sulfide) groups is 1. The van der Waals surface area contributed by atoms with Gasteiger partial charge in [-0.15, -0.1) is 16.6 Å². The minimum absolute atomic E-state index is 0.0333. The van der Waals surface area contributed by atoms with Crippen LogP contribution < -0.4 is 10.3 Å². The number of carbonyl (C=O) groups excluding carboxylic acids is 2. The summed E-state index contributed by atoms with van der Waals surface area (Å²) in [5, 5.41) is -0.871. The summed E-state index contributed by atoms with van der Waals surface area (Å²) in [7, 11) is -1.44. The average Bonchev–Trinajstić information content (AvgIpc) is 3.03. The summed E-state index contributed by atoms with van der Waals surface area (Å²) in [5.74, 6) is -1.11. The van der Waals surface area contributed by atoms with Crippen LogP contribution in [0.1, 0.15) is 5.56 Å². The van der Waals surface area contributed by atoms with Crippen molar-refractivity contribution in [3.8, 4) is 0 Å². The van der Waals surface area contributed by atoms with Crippen LogP contribution in [0.5, 0.6) is 0 Å². The third-order valence-corrected chi connectivity index (χ3v) is 5.95. The van der Waals surface area contributed by atoms with Gasteiger partial charge in [0.25, 0.3) is 10.0 Å². The van der Waals surface area contributed by atoms with Crippen molar-refractivity contribution in [1.29, 1.82) is 0 Å². The Hall–Kier alpha value is -2.04. The second-order valence-electron chi connectivity index (χ2n) is 5.14. The summed E-state index contributed by atoms with van der Waals surface area (Å²) in [6.07, 6.45) is 0. The topological polar surface area (TPSA) is 111 Å². The van der Waals surface area contributed by atoms with Gasteiger partial charge < -0.3 is 14.9 Å². The number of esters is 2. The van der Waals surface area contributed by atoms with Crippen molar-refractivity contribution >= 4 is 33.7 Å². The lowest BCUT2D eigenvalue weighted by Gasteiger charge is -2.13. The number of benzene rings is 1. The Morgan fingerprint density at radius 1 is 1.16 bits per heavy atom. The Morgan fingerprint density at radius 3 is 2.36 bits per heavy atom. The maximum atomic E-state index is 12.3. The molecule has 1 aromatic rings. The Balaban J connectivity index is 2.23. The van der Waals surface area contributed by atoms with Gasteiger partial charge in [-0.2, -0.15) is 0 Å². The summed E-state index contributed by atoms with van der Waals surface area (Å²) in [6, 6.07) is 6.28. The first-order valence-electron chi connectivity index (χ1n) is 7.15. The number of rotatable bonds is 6. The van der Waals surface area contributed by atoms with Crippen LogP contribution in [0.2, 0.25) is 0 Å². The molecule has 0 aliphatic carbocycles. The van der Waals surface area contributed by atoms with Gasteiger partial charge in [0.05, 0.1) is 24.7 Å². The summed E-state index contributed by atoms with van der Waals surface area (Å²) in [4.78, 5) is 26.0. The molecule has 1 aliphatic heterocycles. The first-order valence-corrected chi connectivity index (χ1v) is 9.68. The van der Waals surface area contributed by atoms with Crippen LogP contribution in [-0.2, 0) is 29.1 Å². The molecule has 1 atom stereocenters. The first kappa shape index (κ1) is 19.3. The number of hydrazine groups is 1. The van der Waals surface area contributed by atoms with E-state index in [9.17, 15) is 18.0 Å². The van der Waals surface area contributed by atoms with E-state index >= 15 is 0 Å². The Bertz CT molecular complexity index is 802. The van der Waals surface area contributed by atoms with Crippen molar-refractivity contribution in [2.75, 3.05) is 20.0 Å². The molecule has 1 heterocycles. The first-order chi connectivity index (χ1) is 11.8. The lowest BCUT2D eigenvalue weighted by molar-refractivity contribution is -0.142. The molecule has 8 nitrogen and oxygen atoms in total. The molecule has 0 unspecified atom stereocenters. The van der Waals surface area contributed by atoms with Gasteiger partial charge in [-0.05, 0) is 19.1 Å². The van der Waals surface area contributed by atoms with Crippen LogP contribution in [0.3, 0.4) is 0 Å². The Kier molecular flexibility index (Phi) is 6.09. The maximum absolute atomic E-state index is 12.3. The van der Waals surface area contributed by atoms with Crippen LogP contribution in [0.25, 0.3) is 0 Å². The van der Waals surface area contributed by atoms with Crippen molar-refractivity contribution in [3.63, 3.8) is 0 Å². The fourth-order valence-corrected chi connectivity index (χ4v) is 4.20. The summed E-state index contributed by atoms with van der Waals surface area (Å²) in [6.45, 7) is 1.85. The number of hydrogen-bond donors (Lipinski definition) is 2. The fourth-order valence-electron chi connectivity index (χ4n) is 2.13. The number of sulfonamides is 1. The molecular formula is C15H18N2O6S2. The molecule has 0 fully saturated rings. The zero-order valence-corrected chi connectivity index (χ0v) is 15.5. The van der Waals surface area contributed by atoms with E-state index in [-0.39, 0.29) is 21.9 Å². The largest absolute Gasteiger partial charge is 0.468 e. The maximum Gasteiger partial charge on any atom is 0.337 e. The van der Waals surface area contributed by atoms with Crippen molar-refractivity contribution in [2.24, 2.45) is 0 Å². The third-order valence-electron chi connectivity index (χ3n) is 3.47. The van der Waals surface area contributed by atoms with Crippen molar-refractivity contribution in [3.05, 3.63) is 41.1 Å². The highest BCUT2D eigenvalue weighted by molar-refractivity contribution is 8.01. The van der Waals surface area contributed by atoms with Gasteiger partial charge in [0.1, 0.15) is 5.25 Å². The van der Waals surface area contributed by atoms with Crippen LogP contribution in [0, 0.1) is 6.92 Å². The Morgan fingerprint density at radius 2 is 1.80 bits per heavy atom. The third kappa shape index (κ3) is 4.33. The van der Waals surface area contributed by atoms with Gasteiger partial charge in [0.2, 0.25) is 0 Å². The SMILES string of the molecule is COC(=O)C1=C(NNS(=O)(=O)c2ccc(C)cc2)CS[C@@H]1C(=O)OC. The van der Waals surface area contributed by atoms with E-state index in [4.69, 9.17) is 0 Å². The highest BCUT2D eigenvalue weighted by Crippen LogP contribution is 2.32. The second kappa shape index (κ2) is 7.89. The van der Waals surface area contributed by atoms with Crippen LogP contribution >= 0.6 is 11.8 Å². The van der Waals surface area contributed by atoms with E-state index in [2.05, 4.69) is 19.7 Å². The predicted octanol–water partition coefficient (Wildman–Crippen LogP) is 0.493. The molecule has 0 aromatic heterocycles. The van der Waals surface area contributed by atoms with Crippen LogP contribution in [-0.4, -0.2) is 45.6 Å². The highest BCUT2D eigenvalue weighted by Gasteiger charge is 2.38. The molecule has 136 valence electrons. The summed E-state index contributed by atoms with van der Waals surface area (Å²) < 4.78 is 34.0. The Labute approximate surface area is 150 Å². The molecule has 25 heavy (non-hydrogen) atoms. The van der Waals surface area contributed by atoms with Gasteiger partial charge in [-0.1, -0.05) is 17.7 Å². The minimum atomic E-state index is -3.84. The normalized spacial score (nSPS) is 17.3. The average molecular weight is 386 g/mol. The van der Waals surface area contributed by atoms with Gasteiger partial charge >= 0.3 is 11.9 Å². The van der Waals surface area contributed by atoms with Gasteiger partial charge in [0.15, 0.2) is 0 Å². The number of methoxy groups -OCH3 is 2. The molecule has 2 rings (SSSR count). The summed E-state index contributed by atoms with van der Waals surface area (Å²) >= 11 is 1.14. The number of hydrogen-bond acceptors (Lipinski definition) is 8. The van der Waals surface area contributed by atoms with Crippen molar-refractivity contribution < 1.29 is 27.5 Å². The zero-order valence-electron chi connectivity index (χ0n) is 13.9. The van der Waals surface area contributed by atoms with E-state index in [1.807, 2.05) is 6.92 Å². The lowest BCUT2D eigenvalue weighted by Crippen LogP contribution is -2.38. The molecule has 1 aromatic carbocycles. The van der Waals surface area contributed by atoms with Crippen molar-refractivity contribution in [1.82, 2.24) is 10.3 Å². The smallest absolute Gasteiger partial charge is 0.337 e. The van der Waals surface area contributed by atoms with Crippen LogP contribution in [0.15, 0.2) is 40.4 Å². The molecule has 2 N–H and O–H groups in total. The molecule has 10 heteroatoms. The van der Waals surface area contributed by atoms with Gasteiger partial charge in [0, 0.05) is 11.4 Å². The number of ether oxygens (including phenoxy) is 2. The predicted molar refractivity (Wildman–Crippen MR) is 91.9 cm³/mol. The molecule has 1 aliphatic rings. The van der Waals surface area contributed by atoms with Crippen LogP contribution in [0.4, 0.5) is 0 Å². The van der Waals surface area contributed by atoms with E-state index < -0.39 is 27.2 Å². The van der Waals surface area contributed by atoms with E-state index in [1.54, 1.807) is 12.1 Å². The molecule has 0 saturated heterocycles. The summed E-state index contributed by atoms with van der Waals surface area (Å²) in [5.41, 5.74) is 3.73. The fraction of sp³-hybridized carbons (Fsp3) is 0.333. The standard InChI is InChI=1S/C15H18N2O6S2/c1-9-4-6-10(7-5-9)25(20,21)17-16-11-8-24-13(15(19)23-3)12(11)14(18)22-2/h4-7,13,16-17H,8H2,1-3H3/t13-/m0/s1. The van der Waals surface area contributed by atoms with E-state index in [0.29, 0.717) is 0 Å².